The molecule has 4 aliphatic rings. The second-order valence-corrected chi connectivity index (χ2v) is 13.7. The molecule has 3 aromatic rings. The first-order valence-electron chi connectivity index (χ1n) is 17.4. The molecule has 0 aromatic carbocycles. The van der Waals surface area contributed by atoms with Crippen LogP contribution in [-0.2, 0) is 36.5 Å². The molecule has 2 N–H and O–H groups in total. The summed E-state index contributed by atoms with van der Waals surface area (Å²) in [5.41, 5.74) is 0.392. The Hall–Kier alpha value is -4.85. The zero-order valence-electron chi connectivity index (χ0n) is 29.2. The Morgan fingerprint density at radius 1 is 1.02 bits per heavy atom. The molecule has 4 saturated heterocycles. The van der Waals surface area contributed by atoms with Crippen LogP contribution in [0.5, 0.6) is 0 Å². The van der Waals surface area contributed by atoms with Crippen LogP contribution < -0.4 is 15.5 Å². The number of anilines is 2. The smallest absolute Gasteiger partial charge is 0.417 e. The van der Waals surface area contributed by atoms with E-state index in [-0.39, 0.29) is 35.6 Å². The van der Waals surface area contributed by atoms with Crippen molar-refractivity contribution >= 4 is 35.1 Å². The number of aromatic nitrogens is 4. The van der Waals surface area contributed by atoms with Crippen LogP contribution in [0.1, 0.15) is 11.1 Å². The predicted molar refractivity (Wildman–Crippen MR) is 184 cm³/mol. The van der Waals surface area contributed by atoms with Gasteiger partial charge in [-0.1, -0.05) is 6.08 Å². The number of carbonyl (C=O) groups is 3. The molecule has 7 heterocycles. The summed E-state index contributed by atoms with van der Waals surface area (Å²) >= 11 is 0. The highest BCUT2D eigenvalue weighted by Crippen LogP contribution is 2.38. The first kappa shape index (κ1) is 36.5. The number of halogens is 3. The normalized spacial score (nSPS) is 19.3. The SMILES string of the molecule is COC(=O)Nc1cc(C(F)(F)F)c(-c2nc(N3CCOCC3)c3cc(CN4CCN(C(=O)CNC(=O)/C=C/CN5CC6(COC6)C5)CC4)cn3n2)cn1. The number of pyridine rings is 1. The van der Waals surface area contributed by atoms with E-state index in [0.29, 0.717) is 82.3 Å². The maximum atomic E-state index is 14.3. The van der Waals surface area contributed by atoms with Crippen LogP contribution in [0.15, 0.2) is 36.7 Å². The van der Waals surface area contributed by atoms with E-state index in [2.05, 4.69) is 40.2 Å². The van der Waals surface area contributed by atoms with Gasteiger partial charge in [-0.15, -0.1) is 5.10 Å². The van der Waals surface area contributed by atoms with Crippen LogP contribution in [0.4, 0.5) is 29.6 Å². The van der Waals surface area contributed by atoms with Gasteiger partial charge >= 0.3 is 12.3 Å². The van der Waals surface area contributed by atoms with Gasteiger partial charge in [-0.05, 0) is 17.7 Å². The van der Waals surface area contributed by atoms with Gasteiger partial charge in [0.15, 0.2) is 11.6 Å². The summed E-state index contributed by atoms with van der Waals surface area (Å²) in [7, 11) is 1.09. The molecule has 4 aliphatic heterocycles. The largest absolute Gasteiger partial charge is 0.453 e. The number of nitrogens with zero attached hydrogens (tertiary/aromatic N) is 8. The van der Waals surface area contributed by atoms with Gasteiger partial charge in [-0.3, -0.25) is 24.7 Å². The molecule has 3 aromatic heterocycles. The van der Waals surface area contributed by atoms with Crippen LogP contribution in [0.3, 0.4) is 0 Å². The number of fused-ring (bicyclic) bond motifs is 1. The molecule has 0 aliphatic carbocycles. The maximum Gasteiger partial charge on any atom is 0.417 e. The minimum atomic E-state index is -4.81. The third-order valence-corrected chi connectivity index (χ3v) is 9.79. The Morgan fingerprint density at radius 3 is 2.45 bits per heavy atom. The second-order valence-electron chi connectivity index (χ2n) is 13.7. The molecule has 53 heavy (non-hydrogen) atoms. The number of amides is 3. The monoisotopic (exact) mass is 742 g/mol. The number of ether oxygens (including phenoxy) is 3. The van der Waals surface area contributed by atoms with E-state index in [1.54, 1.807) is 11.1 Å². The average molecular weight is 743 g/mol. The number of hydrogen-bond acceptors (Lipinski definition) is 12. The predicted octanol–water partition coefficient (Wildman–Crippen LogP) is 1.47. The fourth-order valence-electron chi connectivity index (χ4n) is 7.00. The fourth-order valence-corrected chi connectivity index (χ4v) is 7.00. The molecule has 4 fully saturated rings. The van der Waals surface area contributed by atoms with Gasteiger partial charge in [-0.25, -0.2) is 19.3 Å². The Balaban J connectivity index is 0.991. The molecule has 0 bridgehead atoms. The summed E-state index contributed by atoms with van der Waals surface area (Å²) in [6.45, 7) is 8.69. The van der Waals surface area contributed by atoms with Crippen LogP contribution >= 0.6 is 0 Å². The van der Waals surface area contributed by atoms with E-state index in [9.17, 15) is 27.6 Å². The van der Waals surface area contributed by atoms with Crippen LogP contribution in [0.25, 0.3) is 16.9 Å². The highest BCUT2D eigenvalue weighted by Gasteiger charge is 2.48. The van der Waals surface area contributed by atoms with Gasteiger partial charge in [0.05, 0.1) is 51.2 Å². The lowest BCUT2D eigenvalue weighted by Gasteiger charge is -2.54. The number of piperazine rings is 1. The van der Waals surface area contributed by atoms with Crippen molar-refractivity contribution in [2.24, 2.45) is 5.41 Å². The first-order valence-corrected chi connectivity index (χ1v) is 17.4. The molecule has 284 valence electrons. The minimum absolute atomic E-state index is 0.0837. The summed E-state index contributed by atoms with van der Waals surface area (Å²) in [6.07, 6.45) is 0.273. The van der Waals surface area contributed by atoms with Crippen molar-refractivity contribution in [2.45, 2.75) is 12.7 Å². The Morgan fingerprint density at radius 2 is 1.77 bits per heavy atom. The molecule has 0 radical (unpaired) electrons. The number of carbonyl (C=O) groups excluding carboxylic acids is 3. The minimum Gasteiger partial charge on any atom is -0.453 e. The van der Waals surface area contributed by atoms with Gasteiger partial charge < -0.3 is 29.3 Å². The van der Waals surface area contributed by atoms with Gasteiger partial charge in [-0.2, -0.15) is 13.2 Å². The Kier molecular flexibility index (Phi) is 10.5. The van der Waals surface area contributed by atoms with Crippen molar-refractivity contribution in [3.8, 4) is 11.4 Å². The van der Waals surface area contributed by atoms with Crippen molar-refractivity contribution in [3.63, 3.8) is 0 Å². The van der Waals surface area contributed by atoms with Gasteiger partial charge in [0.2, 0.25) is 11.8 Å². The van der Waals surface area contributed by atoms with E-state index >= 15 is 0 Å². The number of likely N-dealkylation sites (tertiary alicyclic amines) is 1. The van der Waals surface area contributed by atoms with Crippen molar-refractivity contribution < 1.29 is 41.8 Å². The number of rotatable bonds is 10. The highest BCUT2D eigenvalue weighted by atomic mass is 19.4. The molecule has 3 amide bonds. The summed E-state index contributed by atoms with van der Waals surface area (Å²) in [6, 6.07) is 2.64. The molecule has 0 atom stereocenters. The van der Waals surface area contributed by atoms with E-state index in [0.717, 1.165) is 51.2 Å². The Labute approximate surface area is 302 Å². The molecule has 0 unspecified atom stereocenters. The van der Waals surface area contributed by atoms with Crippen molar-refractivity contribution in [1.29, 1.82) is 0 Å². The number of hydrogen-bond donors (Lipinski definition) is 2. The third kappa shape index (κ3) is 8.37. The fraction of sp³-hybridized carbons (Fsp3) is 0.529. The van der Waals surface area contributed by atoms with Gasteiger partial charge in [0.1, 0.15) is 11.3 Å². The Bertz CT molecular complexity index is 1860. The summed E-state index contributed by atoms with van der Waals surface area (Å²) in [4.78, 5) is 53.5. The van der Waals surface area contributed by atoms with Gasteiger partial charge in [0, 0.05) is 89.3 Å². The van der Waals surface area contributed by atoms with Gasteiger partial charge in [0.25, 0.3) is 0 Å². The molecule has 19 heteroatoms. The molecule has 0 saturated carbocycles. The molecule has 16 nitrogen and oxygen atoms in total. The van der Waals surface area contributed by atoms with Crippen LogP contribution in [0, 0.1) is 5.41 Å². The standard InChI is InChI=1S/C34H41F3N10O6/c1-51-32(50)40-27-14-25(34(35,36)37)24(15-38-27)30-41-31(46-9-11-52-12-10-46)26-13-23(18-47(26)42-30)17-43-5-7-45(8-6-43)29(49)16-39-28(48)3-2-4-44-19-33(20-44)21-53-22-33/h2-3,13-15,18H,4-12,16-17,19-22H2,1H3,(H,39,48)(H,38,40,50)/b3-2+. The number of methoxy groups -OCH3 is 1. The number of alkyl halides is 3. The lowest BCUT2D eigenvalue weighted by molar-refractivity contribution is -0.186. The maximum absolute atomic E-state index is 14.3. The van der Waals surface area contributed by atoms with Crippen LogP contribution in [0.2, 0.25) is 0 Å². The van der Waals surface area contributed by atoms with Crippen molar-refractivity contribution in [3.05, 3.63) is 47.8 Å². The summed E-state index contributed by atoms with van der Waals surface area (Å²) in [5.74, 6) is -0.523. The lowest BCUT2D eigenvalue weighted by Crippen LogP contribution is -2.65. The number of nitrogens with one attached hydrogen (secondary N) is 2. The third-order valence-electron chi connectivity index (χ3n) is 9.79. The number of morpholine rings is 1. The van der Waals surface area contributed by atoms with Crippen molar-refractivity contribution in [2.75, 3.05) is 109 Å². The lowest BCUT2D eigenvalue weighted by atomic mass is 9.78. The molecular formula is C34H41F3N10O6. The van der Waals surface area contributed by atoms with E-state index in [1.165, 1.54) is 10.6 Å². The summed E-state index contributed by atoms with van der Waals surface area (Å²) in [5, 5.41) is 9.34. The molecular weight excluding hydrogens is 701 g/mol. The van der Waals surface area contributed by atoms with Crippen LogP contribution in [-0.4, -0.2) is 151 Å². The molecule has 1 spiro atoms. The van der Waals surface area contributed by atoms with E-state index < -0.39 is 17.8 Å². The summed E-state index contributed by atoms with van der Waals surface area (Å²) < 4.78 is 59.8. The highest BCUT2D eigenvalue weighted by molar-refractivity contribution is 5.91. The van der Waals surface area contributed by atoms with E-state index in [4.69, 9.17) is 9.47 Å². The molecule has 7 rings (SSSR count). The van der Waals surface area contributed by atoms with Crippen molar-refractivity contribution in [1.82, 2.24) is 39.6 Å². The second kappa shape index (κ2) is 15.2. The zero-order chi connectivity index (χ0) is 37.2. The van der Waals surface area contributed by atoms with E-state index in [1.807, 2.05) is 17.0 Å². The average Bonchev–Trinajstić information content (AvgIpc) is 3.52. The topological polar surface area (TPSA) is 159 Å². The first-order chi connectivity index (χ1) is 25.5. The zero-order valence-corrected chi connectivity index (χ0v) is 29.2. The quantitative estimate of drug-likeness (QED) is 0.289.